The summed E-state index contributed by atoms with van der Waals surface area (Å²) in [5, 5.41) is 18.1. The Morgan fingerprint density at radius 3 is 2.06 bits per heavy atom. The van der Waals surface area contributed by atoms with E-state index in [0.29, 0.717) is 5.92 Å². The molecule has 2 N–H and O–H groups in total. The second-order valence-corrected chi connectivity index (χ2v) is 4.49. The van der Waals surface area contributed by atoms with Gasteiger partial charge in [-0.25, -0.2) is 0 Å². The van der Waals surface area contributed by atoms with E-state index in [-0.39, 0.29) is 12.7 Å². The summed E-state index contributed by atoms with van der Waals surface area (Å²) in [6, 6.07) is 0. The highest BCUT2D eigenvalue weighted by Gasteiger charge is 2.06. The predicted octanol–water partition coefficient (Wildman–Crippen LogP) is 2.34. The molecule has 2 heteroatoms. The van der Waals surface area contributed by atoms with Crippen LogP contribution < -0.4 is 0 Å². The summed E-state index contributed by atoms with van der Waals surface area (Å²) in [6.45, 7) is 4.29. The van der Waals surface area contributed by atoms with Crippen LogP contribution in [0.4, 0.5) is 0 Å². The Morgan fingerprint density at radius 1 is 0.941 bits per heavy atom. The molecule has 0 rings (SSSR count). The van der Waals surface area contributed by atoms with E-state index in [9.17, 15) is 5.11 Å². The van der Waals surface area contributed by atoms with Gasteiger partial charge in [0.2, 0.25) is 0 Å². The molecule has 0 saturated carbocycles. The van der Waals surface area contributed by atoms with Gasteiger partial charge in [0.25, 0.3) is 0 Å². The highest BCUT2D eigenvalue weighted by atomic mass is 16.3. The maximum atomic E-state index is 9.55. The second-order valence-electron chi connectivity index (χ2n) is 4.49. The first kappa shape index (κ1) is 16.0. The molecular weight excluding hydrogens is 212 g/mol. The lowest BCUT2D eigenvalue weighted by Crippen LogP contribution is -2.13. The lowest BCUT2D eigenvalue weighted by molar-refractivity contribution is 0.114. The van der Waals surface area contributed by atoms with E-state index < -0.39 is 0 Å². The molecule has 1 atom stereocenters. The smallest absolute Gasteiger partial charge is 0.0563 e. The average molecular weight is 236 g/mol. The zero-order chi connectivity index (χ0) is 12.9. The maximum absolute atomic E-state index is 9.55. The minimum absolute atomic E-state index is 0.207. The van der Waals surface area contributed by atoms with Crippen LogP contribution in [0.15, 0.2) is 0 Å². The van der Waals surface area contributed by atoms with Gasteiger partial charge in [-0.3, -0.25) is 0 Å². The van der Waals surface area contributed by atoms with Crippen molar-refractivity contribution in [3.8, 4) is 23.7 Å². The Hall–Kier alpha value is -0.960. The van der Waals surface area contributed by atoms with Gasteiger partial charge in [-0.15, -0.1) is 0 Å². The molecule has 0 aliphatic rings. The molecule has 0 aliphatic carbocycles. The van der Waals surface area contributed by atoms with Crippen molar-refractivity contribution < 1.29 is 10.2 Å². The molecule has 0 heterocycles. The van der Waals surface area contributed by atoms with Crippen LogP contribution in [0, 0.1) is 29.6 Å². The molecule has 0 aliphatic heterocycles. The van der Waals surface area contributed by atoms with Gasteiger partial charge in [0.15, 0.2) is 0 Å². The van der Waals surface area contributed by atoms with Crippen molar-refractivity contribution in [2.75, 3.05) is 6.61 Å². The van der Waals surface area contributed by atoms with Gasteiger partial charge < -0.3 is 10.2 Å². The molecule has 1 unspecified atom stereocenters. The standard InChI is InChI=1S/C15H24O2/c1-14(2)15(17)12-10-8-6-4-3-5-7-9-11-13-16/h14-17H,7-13H2,1-2H3. The molecule has 0 aromatic carbocycles. The van der Waals surface area contributed by atoms with Gasteiger partial charge in [0, 0.05) is 19.4 Å². The zero-order valence-electron chi connectivity index (χ0n) is 11.0. The quantitative estimate of drug-likeness (QED) is 0.526. The van der Waals surface area contributed by atoms with Crippen LogP contribution in [0.3, 0.4) is 0 Å². The highest BCUT2D eigenvalue weighted by molar-refractivity contribution is 5.25. The van der Waals surface area contributed by atoms with Crippen molar-refractivity contribution in [2.45, 2.75) is 58.5 Å². The van der Waals surface area contributed by atoms with E-state index in [1.54, 1.807) is 0 Å². The molecule has 0 aromatic rings. The summed E-state index contributed by atoms with van der Waals surface area (Å²) in [5.41, 5.74) is 0. The first-order valence-corrected chi connectivity index (χ1v) is 6.43. The van der Waals surface area contributed by atoms with E-state index in [0.717, 1.165) is 38.5 Å². The van der Waals surface area contributed by atoms with Gasteiger partial charge in [-0.2, -0.15) is 0 Å². The van der Waals surface area contributed by atoms with Crippen molar-refractivity contribution in [2.24, 2.45) is 5.92 Å². The lowest BCUT2D eigenvalue weighted by atomic mass is 10.0. The molecule has 0 fully saturated rings. The number of aliphatic hydroxyl groups is 2. The topological polar surface area (TPSA) is 40.5 Å². The van der Waals surface area contributed by atoms with Crippen LogP contribution in [-0.2, 0) is 0 Å². The summed E-state index contributed by atoms with van der Waals surface area (Å²) >= 11 is 0. The van der Waals surface area contributed by atoms with Gasteiger partial charge in [-0.1, -0.05) is 25.7 Å². The number of hydrogen-bond acceptors (Lipinski definition) is 2. The summed E-state index contributed by atoms with van der Waals surface area (Å²) < 4.78 is 0. The molecule has 0 saturated heterocycles. The lowest BCUT2D eigenvalue weighted by Gasteiger charge is -2.12. The molecule has 0 bridgehead atoms. The van der Waals surface area contributed by atoms with E-state index in [1.165, 1.54) is 0 Å². The van der Waals surface area contributed by atoms with Crippen molar-refractivity contribution in [3.63, 3.8) is 0 Å². The highest BCUT2D eigenvalue weighted by Crippen LogP contribution is 2.08. The fourth-order valence-corrected chi connectivity index (χ4v) is 1.27. The van der Waals surface area contributed by atoms with Crippen molar-refractivity contribution in [1.82, 2.24) is 0 Å². The van der Waals surface area contributed by atoms with Crippen LogP contribution in [0.5, 0.6) is 0 Å². The second kappa shape index (κ2) is 11.5. The Labute approximate surface area is 105 Å². The summed E-state index contributed by atoms with van der Waals surface area (Å²) in [5.74, 6) is 11.9. The zero-order valence-corrected chi connectivity index (χ0v) is 11.0. The molecule has 0 aromatic heterocycles. The normalized spacial score (nSPS) is 11.4. The molecule has 2 nitrogen and oxygen atoms in total. The first-order chi connectivity index (χ1) is 8.18. The SMILES string of the molecule is CC(C)C(O)CCCC#CC#CCCCCO. The fraction of sp³-hybridized carbons (Fsp3) is 0.733. The largest absolute Gasteiger partial charge is 0.396 e. The Kier molecular flexibility index (Phi) is 10.9. The number of aliphatic hydroxyl groups excluding tert-OH is 2. The third-order valence-corrected chi connectivity index (χ3v) is 2.52. The molecule has 0 spiro atoms. The number of rotatable bonds is 7. The molecular formula is C15H24O2. The van der Waals surface area contributed by atoms with Crippen molar-refractivity contribution in [3.05, 3.63) is 0 Å². The molecule has 0 radical (unpaired) electrons. The molecule has 96 valence electrons. The van der Waals surface area contributed by atoms with Crippen LogP contribution in [0.1, 0.15) is 52.4 Å². The van der Waals surface area contributed by atoms with Gasteiger partial charge in [0.1, 0.15) is 0 Å². The Balaban J connectivity index is 3.48. The van der Waals surface area contributed by atoms with E-state index in [4.69, 9.17) is 5.11 Å². The molecule has 0 amide bonds. The summed E-state index contributed by atoms with van der Waals surface area (Å²) in [6.07, 6.45) is 4.90. The van der Waals surface area contributed by atoms with Gasteiger partial charge >= 0.3 is 0 Å². The van der Waals surface area contributed by atoms with E-state index >= 15 is 0 Å². The average Bonchev–Trinajstić information content (AvgIpc) is 2.31. The monoisotopic (exact) mass is 236 g/mol. The van der Waals surface area contributed by atoms with Gasteiger partial charge in [0.05, 0.1) is 6.10 Å². The van der Waals surface area contributed by atoms with E-state index in [2.05, 4.69) is 23.7 Å². The molecule has 17 heavy (non-hydrogen) atoms. The Morgan fingerprint density at radius 2 is 1.53 bits per heavy atom. The number of hydrogen-bond donors (Lipinski definition) is 2. The van der Waals surface area contributed by atoms with Crippen LogP contribution in [-0.4, -0.2) is 22.9 Å². The summed E-state index contributed by atoms with van der Waals surface area (Å²) in [4.78, 5) is 0. The summed E-state index contributed by atoms with van der Waals surface area (Å²) in [7, 11) is 0. The van der Waals surface area contributed by atoms with Gasteiger partial charge in [-0.05, 0) is 43.4 Å². The number of unbranched alkanes of at least 4 members (excludes halogenated alkanes) is 3. The van der Waals surface area contributed by atoms with E-state index in [1.807, 2.05) is 13.8 Å². The fourth-order valence-electron chi connectivity index (χ4n) is 1.27. The minimum atomic E-state index is -0.207. The van der Waals surface area contributed by atoms with Crippen LogP contribution >= 0.6 is 0 Å². The van der Waals surface area contributed by atoms with Crippen molar-refractivity contribution in [1.29, 1.82) is 0 Å². The third-order valence-electron chi connectivity index (χ3n) is 2.52. The third kappa shape index (κ3) is 11.3. The van der Waals surface area contributed by atoms with Crippen LogP contribution in [0.2, 0.25) is 0 Å². The Bertz CT molecular complexity index is 286. The first-order valence-electron chi connectivity index (χ1n) is 6.43. The predicted molar refractivity (Wildman–Crippen MR) is 71.2 cm³/mol. The van der Waals surface area contributed by atoms with Crippen molar-refractivity contribution >= 4 is 0 Å². The maximum Gasteiger partial charge on any atom is 0.0563 e. The minimum Gasteiger partial charge on any atom is -0.396 e. The van der Waals surface area contributed by atoms with Crippen LogP contribution in [0.25, 0.3) is 0 Å².